The van der Waals surface area contributed by atoms with Crippen molar-refractivity contribution in [1.82, 2.24) is 4.90 Å². The average molecular weight is 372 g/mol. The zero-order chi connectivity index (χ0) is 16.1. The van der Waals surface area contributed by atoms with E-state index in [0.29, 0.717) is 26.3 Å². The highest BCUT2D eigenvalue weighted by atomic mass is 79.9. The van der Waals surface area contributed by atoms with Gasteiger partial charge in [0.15, 0.2) is 11.5 Å². The third kappa shape index (κ3) is 4.14. The topological polar surface area (TPSA) is 59.0 Å². The van der Waals surface area contributed by atoms with Gasteiger partial charge in [-0.05, 0) is 47.0 Å². The molecule has 1 heterocycles. The van der Waals surface area contributed by atoms with Crippen LogP contribution in [0.3, 0.4) is 0 Å². The Morgan fingerprint density at radius 3 is 2.68 bits per heavy atom. The molecule has 1 aliphatic heterocycles. The number of likely N-dealkylation sites (tertiary alicyclic amines) is 1. The van der Waals surface area contributed by atoms with Gasteiger partial charge >= 0.3 is 5.97 Å². The molecule has 1 fully saturated rings. The first kappa shape index (κ1) is 17.1. The second kappa shape index (κ2) is 7.83. The van der Waals surface area contributed by atoms with Gasteiger partial charge in [0.05, 0.1) is 23.6 Å². The van der Waals surface area contributed by atoms with Crippen LogP contribution in [-0.4, -0.2) is 42.3 Å². The fourth-order valence-corrected chi connectivity index (χ4v) is 3.04. The van der Waals surface area contributed by atoms with E-state index in [2.05, 4.69) is 27.8 Å². The maximum Gasteiger partial charge on any atom is 0.309 e. The molecule has 22 heavy (non-hydrogen) atoms. The van der Waals surface area contributed by atoms with Gasteiger partial charge in [-0.25, -0.2) is 0 Å². The number of ether oxygens (including phenoxy) is 2. The summed E-state index contributed by atoms with van der Waals surface area (Å²) < 4.78 is 12.3. The molecule has 6 heteroatoms. The van der Waals surface area contributed by atoms with Crippen LogP contribution >= 0.6 is 15.9 Å². The van der Waals surface area contributed by atoms with E-state index in [0.717, 1.165) is 34.5 Å². The van der Waals surface area contributed by atoms with Crippen molar-refractivity contribution in [3.8, 4) is 11.5 Å². The van der Waals surface area contributed by atoms with Gasteiger partial charge in [0.1, 0.15) is 0 Å². The van der Waals surface area contributed by atoms with Crippen molar-refractivity contribution >= 4 is 21.9 Å². The first-order valence-corrected chi connectivity index (χ1v) is 8.37. The van der Waals surface area contributed by atoms with Gasteiger partial charge in [-0.3, -0.25) is 9.69 Å². The van der Waals surface area contributed by atoms with Gasteiger partial charge in [-0.1, -0.05) is 6.92 Å². The number of rotatable bonds is 8. The fourth-order valence-electron chi connectivity index (χ4n) is 2.43. The van der Waals surface area contributed by atoms with Gasteiger partial charge in [-0.2, -0.15) is 0 Å². The second-order valence-corrected chi connectivity index (χ2v) is 6.27. The highest BCUT2D eigenvalue weighted by Crippen LogP contribution is 2.37. The summed E-state index contributed by atoms with van der Waals surface area (Å²) in [4.78, 5) is 13.0. The van der Waals surface area contributed by atoms with Crippen molar-refractivity contribution in [2.24, 2.45) is 5.92 Å². The highest BCUT2D eigenvalue weighted by Gasteiger charge is 2.32. The molecule has 0 atom stereocenters. The number of carboxylic acid groups (broad SMARTS) is 1. The lowest BCUT2D eigenvalue weighted by molar-refractivity contribution is -0.147. The Bertz CT molecular complexity index is 529. The number of halogens is 1. The lowest BCUT2D eigenvalue weighted by atomic mass is 9.99. The number of nitrogens with zero attached hydrogens (tertiary/aromatic N) is 1. The van der Waals surface area contributed by atoms with E-state index in [1.807, 2.05) is 19.1 Å². The number of carboxylic acids is 1. The van der Waals surface area contributed by atoms with E-state index in [1.165, 1.54) is 0 Å². The molecule has 2 rings (SSSR count). The van der Waals surface area contributed by atoms with Crippen LogP contribution in [-0.2, 0) is 11.3 Å². The molecule has 1 aromatic carbocycles. The first-order valence-electron chi connectivity index (χ1n) is 7.58. The van der Waals surface area contributed by atoms with Crippen LogP contribution in [0.25, 0.3) is 0 Å². The molecule has 5 nitrogen and oxygen atoms in total. The minimum absolute atomic E-state index is 0.234. The Morgan fingerprint density at radius 2 is 2.09 bits per heavy atom. The quantitative estimate of drug-likeness (QED) is 0.760. The molecule has 122 valence electrons. The van der Waals surface area contributed by atoms with Crippen LogP contribution in [0.2, 0.25) is 0 Å². The molecule has 1 aliphatic rings. The Kier molecular flexibility index (Phi) is 6.08. The molecule has 0 aliphatic carbocycles. The predicted octanol–water partition coefficient (Wildman–Crippen LogP) is 3.15. The molecule has 1 saturated heterocycles. The zero-order valence-corrected chi connectivity index (χ0v) is 14.6. The van der Waals surface area contributed by atoms with Crippen LogP contribution in [0.4, 0.5) is 0 Å². The van der Waals surface area contributed by atoms with E-state index < -0.39 is 5.97 Å². The van der Waals surface area contributed by atoms with Crippen molar-refractivity contribution in [3.05, 3.63) is 22.2 Å². The molecular formula is C16H22BrNO4. The van der Waals surface area contributed by atoms with E-state index in [4.69, 9.17) is 14.6 Å². The lowest BCUT2D eigenvalue weighted by Gasteiger charge is -2.36. The summed E-state index contributed by atoms with van der Waals surface area (Å²) >= 11 is 3.55. The van der Waals surface area contributed by atoms with Crippen molar-refractivity contribution in [1.29, 1.82) is 0 Å². The SMILES string of the molecule is CCCOc1c(Br)cc(CN2CC(C(=O)O)C2)cc1OCC. The predicted molar refractivity (Wildman–Crippen MR) is 87.5 cm³/mol. The molecule has 0 bridgehead atoms. The molecule has 1 aromatic rings. The summed E-state index contributed by atoms with van der Waals surface area (Å²) in [7, 11) is 0. The minimum atomic E-state index is -0.712. The Balaban J connectivity index is 2.07. The molecule has 0 amide bonds. The van der Waals surface area contributed by atoms with Crippen LogP contribution in [0, 0.1) is 5.92 Å². The molecule has 0 radical (unpaired) electrons. The van der Waals surface area contributed by atoms with E-state index in [1.54, 1.807) is 0 Å². The van der Waals surface area contributed by atoms with Crippen LogP contribution in [0.5, 0.6) is 11.5 Å². The molecule has 0 saturated carbocycles. The maximum atomic E-state index is 10.8. The number of benzene rings is 1. The number of hydrogen-bond acceptors (Lipinski definition) is 4. The van der Waals surface area contributed by atoms with Crippen molar-refractivity contribution in [2.75, 3.05) is 26.3 Å². The van der Waals surface area contributed by atoms with Crippen molar-refractivity contribution < 1.29 is 19.4 Å². The second-order valence-electron chi connectivity index (χ2n) is 5.42. The summed E-state index contributed by atoms with van der Waals surface area (Å²) in [6.45, 7) is 7.14. The summed E-state index contributed by atoms with van der Waals surface area (Å²) in [5.41, 5.74) is 1.09. The van der Waals surface area contributed by atoms with Crippen molar-refractivity contribution in [3.63, 3.8) is 0 Å². The summed E-state index contributed by atoms with van der Waals surface area (Å²) in [5.74, 6) is 0.521. The molecular weight excluding hydrogens is 350 g/mol. The largest absolute Gasteiger partial charge is 0.490 e. The highest BCUT2D eigenvalue weighted by molar-refractivity contribution is 9.10. The van der Waals surface area contributed by atoms with Crippen LogP contribution in [0.15, 0.2) is 16.6 Å². The number of aliphatic carboxylic acids is 1. The molecule has 0 aromatic heterocycles. The van der Waals surface area contributed by atoms with E-state index >= 15 is 0 Å². The van der Waals surface area contributed by atoms with Crippen LogP contribution in [0.1, 0.15) is 25.8 Å². The molecule has 0 spiro atoms. The van der Waals surface area contributed by atoms with Gasteiger partial charge < -0.3 is 14.6 Å². The third-order valence-corrected chi connectivity index (χ3v) is 4.12. The smallest absolute Gasteiger partial charge is 0.309 e. The minimum Gasteiger partial charge on any atom is -0.490 e. The lowest BCUT2D eigenvalue weighted by Crippen LogP contribution is -2.49. The summed E-state index contributed by atoms with van der Waals surface area (Å²) in [5, 5.41) is 8.92. The van der Waals surface area contributed by atoms with Gasteiger partial charge in [-0.15, -0.1) is 0 Å². The Labute approximate surface area is 139 Å². The first-order chi connectivity index (χ1) is 10.5. The zero-order valence-electron chi connectivity index (χ0n) is 13.0. The van der Waals surface area contributed by atoms with Crippen molar-refractivity contribution in [2.45, 2.75) is 26.8 Å². The normalized spacial score (nSPS) is 15.4. The fraction of sp³-hybridized carbons (Fsp3) is 0.562. The summed E-state index contributed by atoms with van der Waals surface area (Å²) in [6.07, 6.45) is 0.935. The molecule has 1 N–H and O–H groups in total. The number of hydrogen-bond donors (Lipinski definition) is 1. The van der Waals surface area contributed by atoms with E-state index in [9.17, 15) is 4.79 Å². The number of carbonyl (C=O) groups is 1. The summed E-state index contributed by atoms with van der Waals surface area (Å²) in [6, 6.07) is 3.99. The van der Waals surface area contributed by atoms with Gasteiger partial charge in [0.25, 0.3) is 0 Å². The third-order valence-electron chi connectivity index (χ3n) is 3.53. The Hall–Kier alpha value is -1.27. The van der Waals surface area contributed by atoms with E-state index in [-0.39, 0.29) is 5.92 Å². The standard InChI is InChI=1S/C16H22BrNO4/c1-3-5-22-15-13(17)6-11(7-14(15)21-4-2)8-18-9-12(10-18)16(19)20/h6-7,12H,3-5,8-10H2,1-2H3,(H,19,20). The van der Waals surface area contributed by atoms with Gasteiger partial charge in [0.2, 0.25) is 0 Å². The molecule has 0 unspecified atom stereocenters. The van der Waals surface area contributed by atoms with Gasteiger partial charge in [0, 0.05) is 19.6 Å². The maximum absolute atomic E-state index is 10.8. The monoisotopic (exact) mass is 371 g/mol. The Morgan fingerprint density at radius 1 is 1.36 bits per heavy atom. The van der Waals surface area contributed by atoms with Crippen LogP contribution < -0.4 is 9.47 Å². The average Bonchev–Trinajstić information content (AvgIpc) is 2.41.